The molecule has 3 aromatic carbocycles. The summed E-state index contributed by atoms with van der Waals surface area (Å²) in [5.41, 5.74) is 6.68. The topological polar surface area (TPSA) is 99.5 Å². The molecule has 2 unspecified atom stereocenters. The number of anilines is 2. The van der Waals surface area contributed by atoms with Crippen LogP contribution < -0.4 is 14.5 Å². The molecular weight excluding hydrogens is 652 g/mol. The third kappa shape index (κ3) is 9.65. The van der Waals surface area contributed by atoms with E-state index in [1.807, 2.05) is 48.6 Å². The van der Waals surface area contributed by atoms with Gasteiger partial charge in [-0.15, -0.1) is 0 Å². The van der Waals surface area contributed by atoms with Crippen LogP contribution in [0.3, 0.4) is 0 Å². The molecule has 52 heavy (non-hydrogen) atoms. The Morgan fingerprint density at radius 2 is 1.27 bits per heavy atom. The number of unbranched alkanes of at least 4 members (excludes halogenated alkanes) is 1. The molecule has 2 aliphatic heterocycles. The molecule has 5 rings (SSSR count). The maximum atomic E-state index is 12.5. The third-order valence-corrected chi connectivity index (χ3v) is 9.86. The van der Waals surface area contributed by atoms with E-state index in [1.165, 1.54) is 0 Å². The Hall–Kier alpha value is -4.56. The first-order chi connectivity index (χ1) is 25.1. The zero-order valence-corrected chi connectivity index (χ0v) is 31.5. The van der Waals surface area contributed by atoms with Crippen molar-refractivity contribution in [3.63, 3.8) is 0 Å². The molecule has 2 aliphatic rings. The lowest BCUT2D eigenvalue weighted by molar-refractivity contribution is -0.133. The summed E-state index contributed by atoms with van der Waals surface area (Å²) in [6.45, 7) is 14.1. The Labute approximate surface area is 309 Å². The van der Waals surface area contributed by atoms with Crippen molar-refractivity contribution < 1.29 is 29.3 Å². The van der Waals surface area contributed by atoms with E-state index in [9.17, 15) is 19.8 Å². The molecule has 0 saturated carbocycles. The van der Waals surface area contributed by atoms with Crippen molar-refractivity contribution in [2.45, 2.75) is 85.2 Å². The SMILES string of the molecule is CCCCOCCOc1ccc(C2CC/C(C(=O)O)=C\c3ccccc3N2CC(C)C)cc1C1CC/C(C(=O)O)=C\c2ccccc2N1CC(C)C. The van der Waals surface area contributed by atoms with E-state index in [-0.39, 0.29) is 12.1 Å². The zero-order valence-electron chi connectivity index (χ0n) is 31.5. The molecule has 278 valence electrons. The number of carboxylic acids is 2. The Morgan fingerprint density at radius 1 is 0.731 bits per heavy atom. The first-order valence-electron chi connectivity index (χ1n) is 19.0. The maximum absolute atomic E-state index is 12.5. The molecule has 0 radical (unpaired) electrons. The number of benzene rings is 3. The molecule has 0 saturated heterocycles. The number of nitrogens with zero attached hydrogens (tertiary/aromatic N) is 2. The van der Waals surface area contributed by atoms with E-state index in [0.29, 0.717) is 68.5 Å². The summed E-state index contributed by atoms with van der Waals surface area (Å²) in [6.07, 6.45) is 7.75. The number of hydrogen-bond acceptors (Lipinski definition) is 6. The van der Waals surface area contributed by atoms with Gasteiger partial charge in [0.1, 0.15) is 12.4 Å². The van der Waals surface area contributed by atoms with E-state index in [4.69, 9.17) is 9.47 Å². The summed E-state index contributed by atoms with van der Waals surface area (Å²) in [5, 5.41) is 20.4. The largest absolute Gasteiger partial charge is 0.491 e. The number of para-hydroxylation sites is 2. The van der Waals surface area contributed by atoms with Gasteiger partial charge in [0.25, 0.3) is 0 Å². The molecule has 2 heterocycles. The zero-order chi connectivity index (χ0) is 37.2. The Kier molecular flexibility index (Phi) is 13.6. The second-order valence-electron chi connectivity index (χ2n) is 14.9. The van der Waals surface area contributed by atoms with Crippen LogP contribution in [0, 0.1) is 11.8 Å². The van der Waals surface area contributed by atoms with Crippen molar-refractivity contribution in [2.24, 2.45) is 11.8 Å². The normalized spacial score (nSPS) is 19.7. The number of carboxylic acid groups (broad SMARTS) is 2. The summed E-state index contributed by atoms with van der Waals surface area (Å²) in [5.74, 6) is -0.343. The van der Waals surface area contributed by atoms with Crippen LogP contribution in [0.15, 0.2) is 77.9 Å². The Balaban J connectivity index is 1.66. The maximum Gasteiger partial charge on any atom is 0.331 e. The lowest BCUT2D eigenvalue weighted by atomic mass is 9.87. The summed E-state index contributed by atoms with van der Waals surface area (Å²) in [7, 11) is 0. The lowest BCUT2D eigenvalue weighted by Crippen LogP contribution is -2.35. The van der Waals surface area contributed by atoms with Gasteiger partial charge in [-0.1, -0.05) is 83.5 Å². The van der Waals surface area contributed by atoms with Gasteiger partial charge in [-0.05, 0) is 97.0 Å². The molecule has 8 heteroatoms. The van der Waals surface area contributed by atoms with Crippen molar-refractivity contribution in [3.8, 4) is 5.75 Å². The van der Waals surface area contributed by atoms with Gasteiger partial charge >= 0.3 is 11.9 Å². The van der Waals surface area contributed by atoms with Crippen LogP contribution in [-0.2, 0) is 14.3 Å². The number of rotatable bonds is 15. The molecule has 0 bridgehead atoms. The van der Waals surface area contributed by atoms with Crippen molar-refractivity contribution in [3.05, 3.63) is 100 Å². The fraction of sp³-hybridized carbons (Fsp3) is 0.455. The second kappa shape index (κ2) is 18.3. The minimum Gasteiger partial charge on any atom is -0.491 e. The van der Waals surface area contributed by atoms with E-state index >= 15 is 0 Å². The third-order valence-electron chi connectivity index (χ3n) is 9.86. The highest BCUT2D eigenvalue weighted by molar-refractivity contribution is 5.94. The summed E-state index contributed by atoms with van der Waals surface area (Å²) >= 11 is 0. The number of fused-ring (bicyclic) bond motifs is 2. The van der Waals surface area contributed by atoms with Gasteiger partial charge in [0.15, 0.2) is 0 Å². The highest BCUT2D eigenvalue weighted by Gasteiger charge is 2.32. The smallest absolute Gasteiger partial charge is 0.331 e. The lowest BCUT2D eigenvalue weighted by Gasteiger charge is -2.40. The monoisotopic (exact) mass is 708 g/mol. The highest BCUT2D eigenvalue weighted by atomic mass is 16.5. The van der Waals surface area contributed by atoms with Crippen LogP contribution in [0.25, 0.3) is 12.2 Å². The molecule has 2 N–H and O–H groups in total. The van der Waals surface area contributed by atoms with Gasteiger partial charge in [-0.25, -0.2) is 9.59 Å². The first kappa shape index (κ1) is 38.7. The predicted octanol–water partition coefficient (Wildman–Crippen LogP) is 9.81. The minimum absolute atomic E-state index is 0.106. The van der Waals surface area contributed by atoms with Crippen LogP contribution in [-0.4, -0.2) is 55.1 Å². The standard InChI is InChI=1S/C44H56N2O6/c1-6-7-22-51-23-24-52-42-21-18-34(40-19-16-35(43(47)48)25-32-12-8-10-14-38(32)45(40)28-30(2)3)27-37(42)41-20-17-36(44(49)50)26-33-13-9-11-15-39(33)46(41)29-31(4)5/h8-15,18,21,25-27,30-31,40-41H,6-7,16-17,19-20,22-24,28-29H2,1-5H3,(H,47,48)(H,49,50)/b35-25+,36-26+. The molecule has 2 atom stereocenters. The number of carbonyl (C=O) groups is 2. The quantitative estimate of drug-likeness (QED) is 0.151. The molecule has 3 aromatic rings. The van der Waals surface area contributed by atoms with E-state index < -0.39 is 11.9 Å². The van der Waals surface area contributed by atoms with E-state index in [2.05, 4.69) is 74.8 Å². The summed E-state index contributed by atoms with van der Waals surface area (Å²) < 4.78 is 12.4. The molecule has 0 fully saturated rings. The van der Waals surface area contributed by atoms with Crippen LogP contribution >= 0.6 is 0 Å². The van der Waals surface area contributed by atoms with Crippen molar-refractivity contribution in [1.29, 1.82) is 0 Å². The van der Waals surface area contributed by atoms with Gasteiger partial charge in [-0.3, -0.25) is 0 Å². The van der Waals surface area contributed by atoms with E-state index in [1.54, 1.807) is 0 Å². The second-order valence-corrected chi connectivity index (χ2v) is 14.9. The summed E-state index contributed by atoms with van der Waals surface area (Å²) in [6, 6.07) is 22.3. The van der Waals surface area contributed by atoms with Crippen molar-refractivity contribution >= 4 is 35.5 Å². The van der Waals surface area contributed by atoms with Crippen molar-refractivity contribution in [2.75, 3.05) is 42.7 Å². The molecule has 0 amide bonds. The van der Waals surface area contributed by atoms with Gasteiger partial charge in [0.05, 0.1) is 18.7 Å². The van der Waals surface area contributed by atoms with Crippen LogP contribution in [0.1, 0.15) is 107 Å². The van der Waals surface area contributed by atoms with Crippen LogP contribution in [0.4, 0.5) is 11.4 Å². The minimum atomic E-state index is -0.903. The van der Waals surface area contributed by atoms with Gasteiger partial charge in [0.2, 0.25) is 0 Å². The summed E-state index contributed by atoms with van der Waals surface area (Å²) in [4.78, 5) is 29.8. The number of ether oxygens (including phenoxy) is 2. The first-order valence-corrected chi connectivity index (χ1v) is 19.0. The Bertz CT molecular complexity index is 1740. The molecule has 0 aromatic heterocycles. The van der Waals surface area contributed by atoms with Crippen LogP contribution in [0.2, 0.25) is 0 Å². The van der Waals surface area contributed by atoms with Gasteiger partial charge in [-0.2, -0.15) is 0 Å². The Morgan fingerprint density at radius 3 is 1.81 bits per heavy atom. The number of aliphatic carboxylic acids is 2. The fourth-order valence-corrected chi connectivity index (χ4v) is 7.46. The van der Waals surface area contributed by atoms with Crippen molar-refractivity contribution in [1.82, 2.24) is 0 Å². The average Bonchev–Trinajstić information content (AvgIpc) is 3.10. The number of hydrogen-bond donors (Lipinski definition) is 2. The van der Waals surface area contributed by atoms with Gasteiger partial charge < -0.3 is 29.5 Å². The molecule has 8 nitrogen and oxygen atoms in total. The fourth-order valence-electron chi connectivity index (χ4n) is 7.46. The molecule has 0 aliphatic carbocycles. The molecule has 0 spiro atoms. The van der Waals surface area contributed by atoms with Crippen LogP contribution in [0.5, 0.6) is 5.75 Å². The van der Waals surface area contributed by atoms with E-state index in [0.717, 1.165) is 65.3 Å². The molecular formula is C44H56N2O6. The predicted molar refractivity (Wildman–Crippen MR) is 210 cm³/mol. The highest BCUT2D eigenvalue weighted by Crippen LogP contribution is 2.44. The van der Waals surface area contributed by atoms with Gasteiger partial charge in [0, 0.05) is 47.8 Å². The average molecular weight is 709 g/mol.